The lowest BCUT2D eigenvalue weighted by Crippen LogP contribution is -2.29. The first-order valence-corrected chi connectivity index (χ1v) is 3.42. The third-order valence-electron chi connectivity index (χ3n) is 1.78. The Labute approximate surface area is 60.8 Å². The standard InChI is InChI=1S/C7H15NO/c1-9-6-7-2-4-8-5-3-7/h7-8H,2-6H2,1H3/i1D3. The third kappa shape index (κ3) is 2.33. The highest BCUT2D eigenvalue weighted by molar-refractivity contribution is 4.67. The van der Waals surface area contributed by atoms with Gasteiger partial charge in [0.15, 0.2) is 0 Å². The van der Waals surface area contributed by atoms with Gasteiger partial charge in [-0.1, -0.05) is 0 Å². The second-order valence-electron chi connectivity index (χ2n) is 2.50. The summed E-state index contributed by atoms with van der Waals surface area (Å²) in [5.41, 5.74) is 0. The molecule has 0 radical (unpaired) electrons. The van der Waals surface area contributed by atoms with Crippen LogP contribution in [0.3, 0.4) is 0 Å². The number of hydrogen-bond donors (Lipinski definition) is 1. The topological polar surface area (TPSA) is 21.3 Å². The van der Waals surface area contributed by atoms with Crippen LogP contribution in [0.1, 0.15) is 17.0 Å². The van der Waals surface area contributed by atoms with Crippen LogP contribution < -0.4 is 5.32 Å². The van der Waals surface area contributed by atoms with Crippen molar-refractivity contribution in [1.29, 1.82) is 0 Å². The van der Waals surface area contributed by atoms with E-state index in [0.29, 0.717) is 12.5 Å². The Balaban J connectivity index is 2.13. The van der Waals surface area contributed by atoms with E-state index in [9.17, 15) is 0 Å². The van der Waals surface area contributed by atoms with Crippen LogP contribution in [-0.4, -0.2) is 26.7 Å². The summed E-state index contributed by atoms with van der Waals surface area (Å²) in [6.07, 6.45) is 2.05. The van der Waals surface area contributed by atoms with Crippen LogP contribution in [0.15, 0.2) is 0 Å². The zero-order valence-corrected chi connectivity index (χ0v) is 5.52. The van der Waals surface area contributed by atoms with Gasteiger partial charge in [0.25, 0.3) is 0 Å². The molecule has 1 aliphatic rings. The Bertz CT molecular complexity index is 131. The summed E-state index contributed by atoms with van der Waals surface area (Å²) in [5.74, 6) is 0.423. The van der Waals surface area contributed by atoms with Gasteiger partial charge in [0.05, 0.1) is 4.11 Å². The Morgan fingerprint density at radius 3 is 3.11 bits per heavy atom. The average molecular weight is 132 g/mol. The van der Waals surface area contributed by atoms with E-state index in [0.717, 1.165) is 25.9 Å². The fourth-order valence-corrected chi connectivity index (χ4v) is 1.17. The minimum absolute atomic E-state index is 0.373. The molecule has 0 amide bonds. The summed E-state index contributed by atoms with van der Waals surface area (Å²) in [5, 5.41) is 3.22. The third-order valence-corrected chi connectivity index (χ3v) is 1.78. The molecule has 1 fully saturated rings. The van der Waals surface area contributed by atoms with E-state index in [1.54, 1.807) is 0 Å². The van der Waals surface area contributed by atoms with Crippen molar-refractivity contribution in [1.82, 2.24) is 5.32 Å². The fraction of sp³-hybridized carbons (Fsp3) is 1.00. The van der Waals surface area contributed by atoms with Gasteiger partial charge in [0.1, 0.15) is 0 Å². The monoisotopic (exact) mass is 132 g/mol. The molecule has 1 N–H and O–H groups in total. The highest BCUT2D eigenvalue weighted by Crippen LogP contribution is 2.10. The van der Waals surface area contributed by atoms with Gasteiger partial charge in [0, 0.05) is 13.6 Å². The first kappa shape index (κ1) is 3.94. The van der Waals surface area contributed by atoms with Crippen LogP contribution in [0.5, 0.6) is 0 Å². The molecule has 0 unspecified atom stereocenters. The average Bonchev–Trinajstić information content (AvgIpc) is 2.02. The Morgan fingerprint density at radius 1 is 1.67 bits per heavy atom. The molecule has 2 heteroatoms. The van der Waals surface area contributed by atoms with Crippen LogP contribution in [-0.2, 0) is 4.74 Å². The number of piperidine rings is 1. The fourth-order valence-electron chi connectivity index (χ4n) is 1.17. The van der Waals surface area contributed by atoms with Gasteiger partial charge in [-0.05, 0) is 31.8 Å². The van der Waals surface area contributed by atoms with Crippen molar-refractivity contribution in [3.05, 3.63) is 0 Å². The molecule has 0 aliphatic carbocycles. The Hall–Kier alpha value is -0.0800. The molecule has 0 aromatic heterocycles. The zero-order chi connectivity index (χ0) is 9.03. The zero-order valence-electron chi connectivity index (χ0n) is 8.52. The second-order valence-corrected chi connectivity index (χ2v) is 2.50. The summed E-state index contributed by atoms with van der Waals surface area (Å²) < 4.78 is 25.3. The summed E-state index contributed by atoms with van der Waals surface area (Å²) >= 11 is 0. The molecule has 9 heavy (non-hydrogen) atoms. The minimum atomic E-state index is -2.22. The molecule has 0 aromatic rings. The van der Waals surface area contributed by atoms with Crippen molar-refractivity contribution in [2.24, 2.45) is 5.92 Å². The molecule has 2 nitrogen and oxygen atoms in total. The quantitative estimate of drug-likeness (QED) is 0.595. The van der Waals surface area contributed by atoms with Gasteiger partial charge in [-0.2, -0.15) is 0 Å². The predicted molar refractivity (Wildman–Crippen MR) is 37.5 cm³/mol. The van der Waals surface area contributed by atoms with E-state index in [-0.39, 0.29) is 0 Å². The largest absolute Gasteiger partial charge is 0.384 e. The van der Waals surface area contributed by atoms with Crippen LogP contribution in [0.2, 0.25) is 0 Å². The lowest BCUT2D eigenvalue weighted by Gasteiger charge is -2.21. The molecular formula is C7H15NO. The van der Waals surface area contributed by atoms with Crippen molar-refractivity contribution in [3.8, 4) is 0 Å². The van der Waals surface area contributed by atoms with Crippen molar-refractivity contribution < 1.29 is 8.85 Å². The molecule has 1 rings (SSSR count). The SMILES string of the molecule is [2H]C([2H])([2H])OCC1CCNCC1. The van der Waals surface area contributed by atoms with E-state index in [1.165, 1.54) is 0 Å². The van der Waals surface area contributed by atoms with Gasteiger partial charge >= 0.3 is 0 Å². The minimum Gasteiger partial charge on any atom is -0.384 e. The molecule has 0 atom stereocenters. The smallest absolute Gasteiger partial charge is 0.0530 e. The summed E-state index contributed by atoms with van der Waals surface area (Å²) in [6, 6.07) is 0. The summed E-state index contributed by atoms with van der Waals surface area (Å²) in [6.45, 7) is 2.34. The maximum absolute atomic E-state index is 6.85. The summed E-state index contributed by atoms with van der Waals surface area (Å²) in [4.78, 5) is 0. The molecule has 1 saturated heterocycles. The Kier molecular flexibility index (Phi) is 1.69. The normalized spacial score (nSPS) is 28.7. The van der Waals surface area contributed by atoms with Crippen molar-refractivity contribution in [3.63, 3.8) is 0 Å². The first-order chi connectivity index (χ1) is 5.58. The summed E-state index contributed by atoms with van der Waals surface area (Å²) in [7, 11) is -2.22. The lowest BCUT2D eigenvalue weighted by molar-refractivity contribution is 0.135. The highest BCUT2D eigenvalue weighted by Gasteiger charge is 2.11. The maximum atomic E-state index is 6.85. The van der Waals surface area contributed by atoms with Crippen LogP contribution in [0.25, 0.3) is 0 Å². The van der Waals surface area contributed by atoms with Crippen molar-refractivity contribution in [2.75, 3.05) is 26.7 Å². The Morgan fingerprint density at radius 2 is 2.44 bits per heavy atom. The predicted octanol–water partition coefficient (Wildman–Crippen LogP) is 0.632. The molecular weight excluding hydrogens is 114 g/mol. The van der Waals surface area contributed by atoms with Crippen LogP contribution >= 0.6 is 0 Å². The van der Waals surface area contributed by atoms with E-state index in [1.807, 2.05) is 0 Å². The van der Waals surface area contributed by atoms with Crippen LogP contribution in [0.4, 0.5) is 0 Å². The molecule has 0 saturated carbocycles. The number of hydrogen-bond acceptors (Lipinski definition) is 2. The first-order valence-electron chi connectivity index (χ1n) is 4.92. The van der Waals surface area contributed by atoms with Gasteiger partial charge < -0.3 is 10.1 Å². The lowest BCUT2D eigenvalue weighted by atomic mass is 10.00. The van der Waals surface area contributed by atoms with E-state index >= 15 is 0 Å². The molecule has 0 aromatic carbocycles. The highest BCUT2D eigenvalue weighted by atomic mass is 16.5. The molecule has 1 heterocycles. The molecule has 54 valence electrons. The van der Waals surface area contributed by atoms with E-state index in [4.69, 9.17) is 8.85 Å². The number of nitrogens with one attached hydrogen (secondary N) is 1. The van der Waals surface area contributed by atoms with Gasteiger partial charge in [-0.15, -0.1) is 0 Å². The second kappa shape index (κ2) is 3.85. The van der Waals surface area contributed by atoms with Gasteiger partial charge in [-0.3, -0.25) is 0 Å². The number of methoxy groups -OCH3 is 1. The molecule has 0 spiro atoms. The van der Waals surface area contributed by atoms with Gasteiger partial charge in [0.2, 0.25) is 0 Å². The van der Waals surface area contributed by atoms with Crippen molar-refractivity contribution >= 4 is 0 Å². The van der Waals surface area contributed by atoms with Gasteiger partial charge in [-0.25, -0.2) is 0 Å². The van der Waals surface area contributed by atoms with Crippen LogP contribution in [0, 0.1) is 5.92 Å². The maximum Gasteiger partial charge on any atom is 0.0530 e. The molecule has 1 aliphatic heterocycles. The molecule has 0 bridgehead atoms. The van der Waals surface area contributed by atoms with Crippen molar-refractivity contribution in [2.45, 2.75) is 12.8 Å². The van der Waals surface area contributed by atoms with E-state index in [2.05, 4.69) is 5.32 Å². The van der Waals surface area contributed by atoms with E-state index < -0.39 is 7.04 Å². The number of ether oxygens (including phenoxy) is 1. The number of rotatable bonds is 2.